The summed E-state index contributed by atoms with van der Waals surface area (Å²) in [5, 5.41) is 5.57. The van der Waals surface area contributed by atoms with Crippen LogP contribution in [-0.2, 0) is 9.59 Å². The van der Waals surface area contributed by atoms with Gasteiger partial charge in [-0.1, -0.05) is 19.0 Å². The fourth-order valence-electron chi connectivity index (χ4n) is 0.603. The van der Waals surface area contributed by atoms with Crippen molar-refractivity contribution in [2.75, 3.05) is 5.32 Å². The van der Waals surface area contributed by atoms with Gasteiger partial charge in [-0.3, -0.25) is 14.9 Å². The Morgan fingerprint density at radius 3 is 2.43 bits per heavy atom. The number of hydrogen-bond acceptors (Lipinski definition) is 4. The molecular weight excluding hydrogens is 186 g/mol. The maximum atomic E-state index is 10.7. The highest BCUT2D eigenvalue weighted by molar-refractivity contribution is 6.38. The minimum Gasteiger partial charge on any atom is -0.361 e. The zero-order chi connectivity index (χ0) is 11.1. The average Bonchev–Trinajstić information content (AvgIpc) is 2.54. The highest BCUT2D eigenvalue weighted by Crippen LogP contribution is 2.05. The lowest BCUT2D eigenvalue weighted by atomic mass is 10.5. The van der Waals surface area contributed by atoms with Gasteiger partial charge in [-0.25, -0.2) is 0 Å². The molecule has 0 aliphatic rings. The van der Waals surface area contributed by atoms with Gasteiger partial charge in [0.25, 0.3) is 0 Å². The third kappa shape index (κ3) is 3.70. The van der Waals surface area contributed by atoms with Gasteiger partial charge in [0.2, 0.25) is 0 Å². The van der Waals surface area contributed by atoms with Crippen LogP contribution in [0.25, 0.3) is 0 Å². The number of aromatic nitrogens is 1. The smallest absolute Gasteiger partial charge is 0.314 e. The third-order valence-electron chi connectivity index (χ3n) is 1.09. The van der Waals surface area contributed by atoms with Crippen molar-refractivity contribution in [3.8, 4) is 0 Å². The van der Waals surface area contributed by atoms with Gasteiger partial charge in [0.1, 0.15) is 5.76 Å². The molecule has 0 unspecified atom stereocenters. The quantitative estimate of drug-likeness (QED) is 0.641. The van der Waals surface area contributed by atoms with E-state index in [-0.39, 0.29) is 5.82 Å². The van der Waals surface area contributed by atoms with E-state index in [2.05, 4.69) is 20.7 Å². The van der Waals surface area contributed by atoms with Crippen LogP contribution in [0.15, 0.2) is 10.6 Å². The summed E-state index contributed by atoms with van der Waals surface area (Å²) in [6, 6.07) is 1.47. The number of nitrogens with two attached hydrogens (primary N) is 1. The number of nitrogens with one attached hydrogen (secondary N) is 1. The zero-order valence-electron chi connectivity index (χ0n) is 8.33. The van der Waals surface area contributed by atoms with Crippen molar-refractivity contribution in [1.29, 1.82) is 0 Å². The van der Waals surface area contributed by atoms with Gasteiger partial charge in [-0.05, 0) is 6.92 Å². The molecule has 1 rings (SSSR count). The lowest BCUT2D eigenvalue weighted by Crippen LogP contribution is -2.29. The van der Waals surface area contributed by atoms with Crippen molar-refractivity contribution in [3.05, 3.63) is 11.8 Å². The van der Waals surface area contributed by atoms with Crippen LogP contribution in [0.3, 0.4) is 0 Å². The highest BCUT2D eigenvalue weighted by Gasteiger charge is 2.10. The van der Waals surface area contributed by atoms with Crippen LogP contribution < -0.4 is 11.1 Å². The number of rotatable bonds is 1. The molecule has 14 heavy (non-hydrogen) atoms. The first kappa shape index (κ1) is 12.2. The van der Waals surface area contributed by atoms with Crippen molar-refractivity contribution in [3.63, 3.8) is 0 Å². The molecule has 0 aliphatic carbocycles. The average molecular weight is 199 g/mol. The molecule has 78 valence electrons. The molecule has 6 nitrogen and oxygen atoms in total. The van der Waals surface area contributed by atoms with Gasteiger partial charge in [0.05, 0.1) is 0 Å². The molecule has 1 aromatic heterocycles. The molecule has 1 heterocycles. The molecule has 2 amide bonds. The van der Waals surface area contributed by atoms with E-state index >= 15 is 0 Å². The Morgan fingerprint density at radius 1 is 1.50 bits per heavy atom. The monoisotopic (exact) mass is 199 g/mol. The van der Waals surface area contributed by atoms with E-state index in [1.165, 1.54) is 6.07 Å². The predicted molar refractivity (Wildman–Crippen MR) is 50.4 cm³/mol. The van der Waals surface area contributed by atoms with E-state index in [9.17, 15) is 9.59 Å². The van der Waals surface area contributed by atoms with Gasteiger partial charge in [0.15, 0.2) is 5.82 Å². The fraction of sp³-hybridized carbons (Fsp3) is 0.375. The summed E-state index contributed by atoms with van der Waals surface area (Å²) >= 11 is 0. The van der Waals surface area contributed by atoms with Crippen molar-refractivity contribution < 1.29 is 14.1 Å². The topological polar surface area (TPSA) is 98.2 Å². The predicted octanol–water partition coefficient (Wildman–Crippen LogP) is 0.433. The molecule has 0 spiro atoms. The Kier molecular flexibility index (Phi) is 4.98. The zero-order valence-corrected chi connectivity index (χ0v) is 8.33. The summed E-state index contributed by atoms with van der Waals surface area (Å²) in [7, 11) is 0. The van der Waals surface area contributed by atoms with E-state index in [1.807, 2.05) is 13.8 Å². The molecule has 0 aromatic carbocycles. The number of carbonyl (C=O) groups is 2. The first-order valence-electron chi connectivity index (χ1n) is 4.13. The molecule has 0 bridgehead atoms. The lowest BCUT2D eigenvalue weighted by molar-refractivity contribution is -0.134. The maximum absolute atomic E-state index is 10.7. The Balaban J connectivity index is 0.000000791. The van der Waals surface area contributed by atoms with Gasteiger partial charge >= 0.3 is 11.8 Å². The molecule has 3 N–H and O–H groups in total. The molecule has 0 saturated carbocycles. The SMILES string of the molecule is CC.Cc1cc(NC(=O)C(N)=O)no1. The molecule has 0 fully saturated rings. The van der Waals surface area contributed by atoms with Crippen LogP contribution in [0.1, 0.15) is 19.6 Å². The number of anilines is 1. The minimum atomic E-state index is -1.06. The number of carbonyl (C=O) groups excluding carboxylic acids is 2. The summed E-state index contributed by atoms with van der Waals surface area (Å²) in [5.41, 5.74) is 4.68. The van der Waals surface area contributed by atoms with Crippen LogP contribution in [0, 0.1) is 6.92 Å². The Hall–Kier alpha value is -1.85. The van der Waals surface area contributed by atoms with Crippen LogP contribution in [0.4, 0.5) is 5.82 Å². The minimum absolute atomic E-state index is 0.177. The number of aryl methyl sites for hydroxylation is 1. The Bertz CT molecular complexity index is 319. The fourth-order valence-corrected chi connectivity index (χ4v) is 0.603. The molecule has 0 saturated heterocycles. The Labute approximate surface area is 81.4 Å². The summed E-state index contributed by atoms with van der Waals surface area (Å²) < 4.78 is 4.63. The lowest BCUT2D eigenvalue weighted by Gasteiger charge is -1.93. The summed E-state index contributed by atoms with van der Waals surface area (Å²) in [5.74, 6) is -1.26. The summed E-state index contributed by atoms with van der Waals surface area (Å²) in [6.45, 7) is 5.66. The van der Waals surface area contributed by atoms with Crippen LogP contribution in [-0.4, -0.2) is 17.0 Å². The second-order valence-corrected chi connectivity index (χ2v) is 2.14. The van der Waals surface area contributed by atoms with E-state index < -0.39 is 11.8 Å². The molecule has 0 atom stereocenters. The third-order valence-corrected chi connectivity index (χ3v) is 1.09. The van der Waals surface area contributed by atoms with Gasteiger partial charge < -0.3 is 10.3 Å². The van der Waals surface area contributed by atoms with Crippen molar-refractivity contribution >= 4 is 17.6 Å². The van der Waals surface area contributed by atoms with Gasteiger partial charge in [-0.2, -0.15) is 0 Å². The number of hydrogen-bond donors (Lipinski definition) is 2. The normalized spacial score (nSPS) is 8.50. The molecule has 0 aliphatic heterocycles. The molecular formula is C8H13N3O3. The van der Waals surface area contributed by atoms with Crippen molar-refractivity contribution in [1.82, 2.24) is 5.16 Å². The van der Waals surface area contributed by atoms with Crippen LogP contribution in [0.5, 0.6) is 0 Å². The molecule has 6 heteroatoms. The van der Waals surface area contributed by atoms with Crippen LogP contribution in [0.2, 0.25) is 0 Å². The standard InChI is InChI=1S/C6H7N3O3.C2H6/c1-3-2-4(9-12-3)8-6(11)5(7)10;1-2/h2H,1H3,(H2,7,10)(H,8,9,11);1-2H3. The van der Waals surface area contributed by atoms with Crippen LogP contribution >= 0.6 is 0 Å². The van der Waals surface area contributed by atoms with E-state index in [4.69, 9.17) is 0 Å². The highest BCUT2D eigenvalue weighted by atomic mass is 16.5. The van der Waals surface area contributed by atoms with Gasteiger partial charge in [-0.15, -0.1) is 0 Å². The molecule has 0 radical (unpaired) electrons. The maximum Gasteiger partial charge on any atom is 0.314 e. The number of nitrogens with zero attached hydrogens (tertiary/aromatic N) is 1. The second-order valence-electron chi connectivity index (χ2n) is 2.14. The van der Waals surface area contributed by atoms with E-state index in [1.54, 1.807) is 6.92 Å². The second kappa shape index (κ2) is 5.74. The van der Waals surface area contributed by atoms with Crippen molar-refractivity contribution in [2.45, 2.75) is 20.8 Å². The first-order chi connectivity index (χ1) is 6.59. The molecule has 1 aromatic rings. The number of amides is 2. The Morgan fingerprint density at radius 2 is 2.07 bits per heavy atom. The van der Waals surface area contributed by atoms with E-state index in [0.29, 0.717) is 5.76 Å². The summed E-state index contributed by atoms with van der Waals surface area (Å²) in [4.78, 5) is 20.9. The summed E-state index contributed by atoms with van der Waals surface area (Å²) in [6.07, 6.45) is 0. The largest absolute Gasteiger partial charge is 0.361 e. The van der Waals surface area contributed by atoms with Crippen molar-refractivity contribution in [2.24, 2.45) is 5.73 Å². The number of primary amides is 1. The van der Waals surface area contributed by atoms with Gasteiger partial charge in [0, 0.05) is 6.07 Å². The first-order valence-corrected chi connectivity index (χ1v) is 4.13. The van der Waals surface area contributed by atoms with E-state index in [0.717, 1.165) is 0 Å².